The highest BCUT2D eigenvalue weighted by Crippen LogP contribution is 2.31. The summed E-state index contributed by atoms with van der Waals surface area (Å²) in [6, 6.07) is 3.22. The lowest BCUT2D eigenvalue weighted by Crippen LogP contribution is -2.29. The molecule has 0 saturated carbocycles. The maximum Gasteiger partial charge on any atom is 0.407 e. The summed E-state index contributed by atoms with van der Waals surface area (Å²) in [5.74, 6) is 0.681. The molecule has 1 unspecified atom stereocenters. The van der Waals surface area contributed by atoms with E-state index in [0.29, 0.717) is 30.4 Å². The average Bonchev–Trinajstić information content (AvgIpc) is 3.07. The van der Waals surface area contributed by atoms with Crippen LogP contribution in [0.5, 0.6) is 0 Å². The van der Waals surface area contributed by atoms with Gasteiger partial charge in [-0.15, -0.1) is 0 Å². The average molecular weight is 339 g/mol. The van der Waals surface area contributed by atoms with Crippen molar-refractivity contribution in [1.29, 1.82) is 0 Å². The monoisotopic (exact) mass is 338 g/mol. The molecule has 1 N–H and O–H groups in total. The van der Waals surface area contributed by atoms with Crippen molar-refractivity contribution in [2.75, 3.05) is 6.54 Å². The summed E-state index contributed by atoms with van der Waals surface area (Å²) in [5.41, 5.74) is 0.554. The Morgan fingerprint density at radius 2 is 2.40 bits per heavy atom. The van der Waals surface area contributed by atoms with Crippen LogP contribution >= 0.6 is 15.9 Å². The lowest BCUT2D eigenvalue weighted by atomic mass is 10.2. The first-order valence-electron chi connectivity index (χ1n) is 6.10. The fourth-order valence-corrected chi connectivity index (χ4v) is 2.60. The minimum absolute atomic E-state index is 0.290. The van der Waals surface area contributed by atoms with Crippen LogP contribution in [0.1, 0.15) is 24.7 Å². The zero-order chi connectivity index (χ0) is 14.1. The molecule has 1 aliphatic heterocycles. The van der Waals surface area contributed by atoms with Gasteiger partial charge in [-0.05, 0) is 25.0 Å². The SMILES string of the molecule is O=C(O)N1CCCC1c1noc(-c2cc(Br)ccn2)n1. The molecule has 8 heteroatoms. The number of amides is 1. The highest BCUT2D eigenvalue weighted by molar-refractivity contribution is 9.10. The van der Waals surface area contributed by atoms with Gasteiger partial charge in [-0.25, -0.2) is 4.79 Å². The van der Waals surface area contributed by atoms with Crippen LogP contribution in [0.2, 0.25) is 0 Å². The van der Waals surface area contributed by atoms with Gasteiger partial charge in [0.05, 0.1) is 6.04 Å². The normalized spacial score (nSPS) is 18.4. The maximum atomic E-state index is 11.1. The molecule has 20 heavy (non-hydrogen) atoms. The van der Waals surface area contributed by atoms with Crippen molar-refractivity contribution in [2.24, 2.45) is 0 Å². The maximum absolute atomic E-state index is 11.1. The predicted molar refractivity (Wildman–Crippen MR) is 71.9 cm³/mol. The summed E-state index contributed by atoms with van der Waals surface area (Å²) in [6.45, 7) is 0.499. The van der Waals surface area contributed by atoms with Gasteiger partial charge in [0.15, 0.2) is 5.82 Å². The van der Waals surface area contributed by atoms with Crippen molar-refractivity contribution >= 4 is 22.0 Å². The Bertz CT molecular complexity index is 645. The first kappa shape index (κ1) is 13.0. The van der Waals surface area contributed by atoms with E-state index in [1.807, 2.05) is 0 Å². The third-order valence-electron chi connectivity index (χ3n) is 3.18. The molecule has 3 rings (SSSR count). The van der Waals surface area contributed by atoms with Gasteiger partial charge in [-0.3, -0.25) is 9.88 Å². The van der Waals surface area contributed by atoms with Gasteiger partial charge in [0.25, 0.3) is 5.89 Å². The van der Waals surface area contributed by atoms with Crippen molar-refractivity contribution < 1.29 is 14.4 Å². The molecule has 1 atom stereocenters. The van der Waals surface area contributed by atoms with Gasteiger partial charge >= 0.3 is 6.09 Å². The quantitative estimate of drug-likeness (QED) is 0.904. The van der Waals surface area contributed by atoms with Crippen molar-refractivity contribution in [1.82, 2.24) is 20.0 Å². The molecule has 0 bridgehead atoms. The number of carbonyl (C=O) groups is 1. The Labute approximate surface area is 122 Å². The number of aromatic nitrogens is 3. The van der Waals surface area contributed by atoms with Crippen LogP contribution in [0.25, 0.3) is 11.6 Å². The van der Waals surface area contributed by atoms with Crippen LogP contribution in [-0.2, 0) is 0 Å². The topological polar surface area (TPSA) is 92.3 Å². The van der Waals surface area contributed by atoms with E-state index < -0.39 is 6.09 Å². The summed E-state index contributed by atoms with van der Waals surface area (Å²) in [5, 5.41) is 13.0. The molecule has 3 heterocycles. The lowest BCUT2D eigenvalue weighted by molar-refractivity contribution is 0.138. The summed E-state index contributed by atoms with van der Waals surface area (Å²) >= 11 is 3.35. The Kier molecular flexibility index (Phi) is 3.39. The number of carboxylic acid groups (broad SMARTS) is 1. The van der Waals surface area contributed by atoms with Gasteiger partial charge in [-0.2, -0.15) is 4.98 Å². The molecule has 1 aliphatic rings. The van der Waals surface area contributed by atoms with Gasteiger partial charge in [-0.1, -0.05) is 21.1 Å². The zero-order valence-corrected chi connectivity index (χ0v) is 11.9. The number of nitrogens with zero attached hydrogens (tertiary/aromatic N) is 4. The van der Waals surface area contributed by atoms with E-state index in [0.717, 1.165) is 10.9 Å². The number of hydrogen-bond donors (Lipinski definition) is 1. The van der Waals surface area contributed by atoms with Gasteiger partial charge < -0.3 is 9.63 Å². The molecule has 104 valence electrons. The minimum Gasteiger partial charge on any atom is -0.465 e. The molecule has 1 saturated heterocycles. The van der Waals surface area contributed by atoms with Crippen molar-refractivity contribution in [3.05, 3.63) is 28.6 Å². The second-order valence-electron chi connectivity index (χ2n) is 4.45. The largest absolute Gasteiger partial charge is 0.465 e. The van der Waals surface area contributed by atoms with Gasteiger partial charge in [0, 0.05) is 17.2 Å². The van der Waals surface area contributed by atoms with Crippen LogP contribution in [0.15, 0.2) is 27.3 Å². The third kappa shape index (κ3) is 2.38. The van der Waals surface area contributed by atoms with Crippen molar-refractivity contribution in [3.63, 3.8) is 0 Å². The number of likely N-dealkylation sites (tertiary alicyclic amines) is 1. The second kappa shape index (κ2) is 5.20. The molecule has 0 aromatic carbocycles. The first-order chi connectivity index (χ1) is 9.65. The van der Waals surface area contributed by atoms with Gasteiger partial charge in [0.2, 0.25) is 0 Å². The first-order valence-corrected chi connectivity index (χ1v) is 6.89. The highest BCUT2D eigenvalue weighted by Gasteiger charge is 2.33. The van der Waals surface area contributed by atoms with E-state index in [1.165, 1.54) is 4.90 Å². The number of rotatable bonds is 2. The number of hydrogen-bond acceptors (Lipinski definition) is 5. The lowest BCUT2D eigenvalue weighted by Gasteiger charge is -2.17. The van der Waals surface area contributed by atoms with Gasteiger partial charge in [0.1, 0.15) is 5.69 Å². The van der Waals surface area contributed by atoms with Crippen molar-refractivity contribution in [3.8, 4) is 11.6 Å². The molecule has 0 spiro atoms. The van der Waals surface area contributed by atoms with E-state index in [4.69, 9.17) is 9.63 Å². The predicted octanol–water partition coefficient (Wildman–Crippen LogP) is 2.71. The fourth-order valence-electron chi connectivity index (χ4n) is 2.26. The Morgan fingerprint density at radius 3 is 3.15 bits per heavy atom. The fraction of sp³-hybridized carbons (Fsp3) is 0.333. The summed E-state index contributed by atoms with van der Waals surface area (Å²) in [4.78, 5) is 20.9. The van der Waals surface area contributed by atoms with Crippen LogP contribution in [0.3, 0.4) is 0 Å². The Morgan fingerprint density at radius 1 is 1.55 bits per heavy atom. The minimum atomic E-state index is -0.959. The van der Waals surface area contributed by atoms with E-state index >= 15 is 0 Å². The van der Waals surface area contributed by atoms with E-state index in [1.54, 1.807) is 18.3 Å². The molecular formula is C12H11BrN4O3. The molecule has 0 radical (unpaired) electrons. The highest BCUT2D eigenvalue weighted by atomic mass is 79.9. The number of halogens is 1. The second-order valence-corrected chi connectivity index (χ2v) is 5.37. The number of pyridine rings is 1. The van der Waals surface area contributed by atoms with Crippen LogP contribution in [0, 0.1) is 0 Å². The Balaban J connectivity index is 1.89. The van der Waals surface area contributed by atoms with Crippen LogP contribution < -0.4 is 0 Å². The molecule has 2 aromatic heterocycles. The zero-order valence-electron chi connectivity index (χ0n) is 10.4. The summed E-state index contributed by atoms with van der Waals surface area (Å²) in [7, 11) is 0. The summed E-state index contributed by atoms with van der Waals surface area (Å²) < 4.78 is 6.04. The molecule has 1 fully saturated rings. The van der Waals surface area contributed by atoms with Crippen LogP contribution in [-0.4, -0.2) is 37.8 Å². The molecule has 7 nitrogen and oxygen atoms in total. The molecule has 2 aromatic rings. The molecule has 1 amide bonds. The standard InChI is InChI=1S/C12H11BrN4O3/c13-7-3-4-14-8(6-7)11-15-10(16-20-11)9-2-1-5-17(9)12(18)19/h3-4,6,9H,1-2,5H2,(H,18,19). The third-order valence-corrected chi connectivity index (χ3v) is 3.67. The van der Waals surface area contributed by atoms with Crippen LogP contribution in [0.4, 0.5) is 4.79 Å². The molecular weight excluding hydrogens is 328 g/mol. The van der Waals surface area contributed by atoms with Crippen molar-refractivity contribution in [2.45, 2.75) is 18.9 Å². The van der Waals surface area contributed by atoms with E-state index in [-0.39, 0.29) is 6.04 Å². The van der Waals surface area contributed by atoms with E-state index in [2.05, 4.69) is 31.1 Å². The van der Waals surface area contributed by atoms with E-state index in [9.17, 15) is 4.79 Å². The summed E-state index contributed by atoms with van der Waals surface area (Å²) in [6.07, 6.45) is 2.18. The smallest absolute Gasteiger partial charge is 0.407 e. The molecule has 0 aliphatic carbocycles. The Hall–Kier alpha value is -1.96.